The molecule has 1 fully saturated rings. The molecule has 76 valence electrons. The third kappa shape index (κ3) is 2.69. The Morgan fingerprint density at radius 3 is 2.15 bits per heavy atom. The first kappa shape index (κ1) is 10.5. The molecule has 0 saturated carbocycles. The SMILES string of the molecule is CC1CN(CC(=O)N(C)C)CC1C. The molecule has 0 aromatic carbocycles. The van der Waals surface area contributed by atoms with E-state index < -0.39 is 0 Å². The van der Waals surface area contributed by atoms with Crippen LogP contribution in [0.3, 0.4) is 0 Å². The van der Waals surface area contributed by atoms with Crippen molar-refractivity contribution in [1.29, 1.82) is 0 Å². The zero-order valence-corrected chi connectivity index (χ0v) is 9.08. The van der Waals surface area contributed by atoms with Gasteiger partial charge in [0.1, 0.15) is 0 Å². The molecule has 0 spiro atoms. The van der Waals surface area contributed by atoms with Crippen LogP contribution >= 0.6 is 0 Å². The molecule has 0 aromatic rings. The summed E-state index contributed by atoms with van der Waals surface area (Å²) >= 11 is 0. The fraction of sp³-hybridized carbons (Fsp3) is 0.900. The summed E-state index contributed by atoms with van der Waals surface area (Å²) in [5.41, 5.74) is 0. The van der Waals surface area contributed by atoms with E-state index in [2.05, 4.69) is 18.7 Å². The van der Waals surface area contributed by atoms with Gasteiger partial charge in [-0.15, -0.1) is 0 Å². The summed E-state index contributed by atoms with van der Waals surface area (Å²) in [7, 11) is 3.62. The molecule has 0 aromatic heterocycles. The molecule has 1 saturated heterocycles. The van der Waals surface area contributed by atoms with Crippen molar-refractivity contribution in [2.45, 2.75) is 13.8 Å². The van der Waals surface area contributed by atoms with Gasteiger partial charge in [0.15, 0.2) is 0 Å². The lowest BCUT2D eigenvalue weighted by Gasteiger charge is -2.17. The van der Waals surface area contributed by atoms with Crippen molar-refractivity contribution < 1.29 is 4.79 Å². The molecule has 3 nitrogen and oxygen atoms in total. The second-order valence-electron chi connectivity index (χ2n) is 4.44. The number of likely N-dealkylation sites (N-methyl/N-ethyl adjacent to an activating group) is 1. The zero-order valence-electron chi connectivity index (χ0n) is 9.08. The van der Waals surface area contributed by atoms with E-state index in [4.69, 9.17) is 0 Å². The minimum absolute atomic E-state index is 0.210. The van der Waals surface area contributed by atoms with Crippen LogP contribution in [0.15, 0.2) is 0 Å². The number of likely N-dealkylation sites (tertiary alicyclic amines) is 1. The van der Waals surface area contributed by atoms with Crippen LogP contribution in [-0.4, -0.2) is 49.4 Å². The average molecular weight is 184 g/mol. The van der Waals surface area contributed by atoms with Crippen molar-refractivity contribution in [2.24, 2.45) is 11.8 Å². The van der Waals surface area contributed by atoms with E-state index in [1.54, 1.807) is 4.90 Å². The first-order valence-electron chi connectivity index (χ1n) is 4.93. The summed E-state index contributed by atoms with van der Waals surface area (Å²) in [6.45, 7) is 7.23. The van der Waals surface area contributed by atoms with Crippen molar-refractivity contribution >= 4 is 5.91 Å². The highest BCUT2D eigenvalue weighted by Gasteiger charge is 2.27. The monoisotopic (exact) mass is 184 g/mol. The van der Waals surface area contributed by atoms with Gasteiger partial charge in [0, 0.05) is 27.2 Å². The Balaban J connectivity index is 2.36. The maximum atomic E-state index is 11.4. The molecule has 0 bridgehead atoms. The Labute approximate surface area is 80.7 Å². The third-order valence-corrected chi connectivity index (χ3v) is 2.92. The highest BCUT2D eigenvalue weighted by atomic mass is 16.2. The fourth-order valence-electron chi connectivity index (χ4n) is 1.71. The van der Waals surface area contributed by atoms with E-state index in [-0.39, 0.29) is 5.91 Å². The van der Waals surface area contributed by atoms with Gasteiger partial charge in [-0.25, -0.2) is 0 Å². The van der Waals surface area contributed by atoms with E-state index in [0.717, 1.165) is 24.9 Å². The summed E-state index contributed by atoms with van der Waals surface area (Å²) in [6, 6.07) is 0. The van der Waals surface area contributed by atoms with Crippen molar-refractivity contribution in [1.82, 2.24) is 9.80 Å². The molecular weight excluding hydrogens is 164 g/mol. The van der Waals surface area contributed by atoms with Crippen LogP contribution in [0.1, 0.15) is 13.8 Å². The van der Waals surface area contributed by atoms with Gasteiger partial charge in [0.2, 0.25) is 5.91 Å². The van der Waals surface area contributed by atoms with Crippen LogP contribution < -0.4 is 0 Å². The summed E-state index contributed by atoms with van der Waals surface area (Å²) in [5.74, 6) is 1.67. The summed E-state index contributed by atoms with van der Waals surface area (Å²) in [5, 5.41) is 0. The average Bonchev–Trinajstić information content (AvgIpc) is 2.31. The van der Waals surface area contributed by atoms with Crippen molar-refractivity contribution in [3.8, 4) is 0 Å². The lowest BCUT2D eigenvalue weighted by Crippen LogP contribution is -2.35. The fourth-order valence-corrected chi connectivity index (χ4v) is 1.71. The second kappa shape index (κ2) is 4.09. The number of nitrogens with zero attached hydrogens (tertiary/aromatic N) is 2. The molecule has 0 aliphatic carbocycles. The molecule has 1 aliphatic heterocycles. The highest BCUT2D eigenvalue weighted by molar-refractivity contribution is 5.77. The van der Waals surface area contributed by atoms with Crippen LogP contribution in [0.5, 0.6) is 0 Å². The van der Waals surface area contributed by atoms with Crippen LogP contribution in [0.25, 0.3) is 0 Å². The molecule has 1 rings (SSSR count). The van der Waals surface area contributed by atoms with Crippen molar-refractivity contribution in [2.75, 3.05) is 33.7 Å². The minimum Gasteiger partial charge on any atom is -0.348 e. The van der Waals surface area contributed by atoms with Crippen LogP contribution in [0.2, 0.25) is 0 Å². The number of carbonyl (C=O) groups is 1. The van der Waals surface area contributed by atoms with E-state index in [0.29, 0.717) is 6.54 Å². The van der Waals surface area contributed by atoms with Gasteiger partial charge in [-0.05, 0) is 11.8 Å². The number of hydrogen-bond acceptors (Lipinski definition) is 2. The first-order chi connectivity index (χ1) is 6.00. The van der Waals surface area contributed by atoms with E-state index in [9.17, 15) is 4.79 Å². The zero-order chi connectivity index (χ0) is 10.0. The van der Waals surface area contributed by atoms with E-state index >= 15 is 0 Å². The van der Waals surface area contributed by atoms with Crippen LogP contribution in [0, 0.1) is 11.8 Å². The lowest BCUT2D eigenvalue weighted by molar-refractivity contribution is -0.129. The molecule has 1 heterocycles. The lowest BCUT2D eigenvalue weighted by atomic mass is 10.0. The van der Waals surface area contributed by atoms with E-state index in [1.165, 1.54) is 0 Å². The Morgan fingerprint density at radius 2 is 1.77 bits per heavy atom. The maximum absolute atomic E-state index is 11.4. The first-order valence-corrected chi connectivity index (χ1v) is 4.93. The highest BCUT2D eigenvalue weighted by Crippen LogP contribution is 2.21. The molecule has 2 unspecified atom stereocenters. The molecule has 1 amide bonds. The Hall–Kier alpha value is -0.570. The van der Waals surface area contributed by atoms with Crippen LogP contribution in [0.4, 0.5) is 0 Å². The summed E-state index contributed by atoms with van der Waals surface area (Å²) in [6.07, 6.45) is 0. The van der Waals surface area contributed by atoms with Gasteiger partial charge in [0.25, 0.3) is 0 Å². The smallest absolute Gasteiger partial charge is 0.236 e. The Morgan fingerprint density at radius 1 is 1.31 bits per heavy atom. The molecule has 2 atom stereocenters. The molecule has 3 heteroatoms. The summed E-state index contributed by atoms with van der Waals surface area (Å²) < 4.78 is 0. The molecule has 1 aliphatic rings. The third-order valence-electron chi connectivity index (χ3n) is 2.92. The van der Waals surface area contributed by atoms with Gasteiger partial charge in [0.05, 0.1) is 6.54 Å². The number of rotatable bonds is 2. The van der Waals surface area contributed by atoms with E-state index in [1.807, 2.05) is 14.1 Å². The molecule has 0 N–H and O–H groups in total. The normalized spacial score (nSPS) is 29.2. The van der Waals surface area contributed by atoms with Gasteiger partial charge < -0.3 is 4.90 Å². The van der Waals surface area contributed by atoms with Gasteiger partial charge in [-0.3, -0.25) is 9.69 Å². The second-order valence-corrected chi connectivity index (χ2v) is 4.44. The van der Waals surface area contributed by atoms with Crippen molar-refractivity contribution in [3.63, 3.8) is 0 Å². The van der Waals surface area contributed by atoms with Gasteiger partial charge in [-0.1, -0.05) is 13.8 Å². The largest absolute Gasteiger partial charge is 0.348 e. The number of amides is 1. The van der Waals surface area contributed by atoms with Crippen LogP contribution in [-0.2, 0) is 4.79 Å². The standard InChI is InChI=1S/C10H20N2O/c1-8-5-12(6-9(8)2)7-10(13)11(3)4/h8-9H,5-7H2,1-4H3. The topological polar surface area (TPSA) is 23.6 Å². The molecular formula is C10H20N2O. The van der Waals surface area contributed by atoms with Crippen molar-refractivity contribution in [3.05, 3.63) is 0 Å². The maximum Gasteiger partial charge on any atom is 0.236 e. The predicted octanol–water partition coefficient (Wildman–Crippen LogP) is 0.662. The number of carbonyl (C=O) groups excluding carboxylic acids is 1. The Bertz CT molecular complexity index is 181. The predicted molar refractivity (Wildman–Crippen MR) is 53.5 cm³/mol. The van der Waals surface area contributed by atoms with Gasteiger partial charge >= 0.3 is 0 Å². The quantitative estimate of drug-likeness (QED) is 0.629. The molecule has 13 heavy (non-hydrogen) atoms. The van der Waals surface area contributed by atoms with Gasteiger partial charge in [-0.2, -0.15) is 0 Å². The molecule has 0 radical (unpaired) electrons. The minimum atomic E-state index is 0.210. The summed E-state index contributed by atoms with van der Waals surface area (Å²) in [4.78, 5) is 15.3. The Kier molecular flexibility index (Phi) is 3.31. The number of hydrogen-bond donors (Lipinski definition) is 0.